The number of ether oxygens (including phenoxy) is 2. The fourth-order valence-corrected chi connectivity index (χ4v) is 2.72. The van der Waals surface area contributed by atoms with Crippen LogP contribution in [0.1, 0.15) is 11.1 Å². The Balaban J connectivity index is 1.47. The van der Waals surface area contributed by atoms with Gasteiger partial charge >= 0.3 is 0 Å². The SMILES string of the molecule is COc1ccccc1NC(N)=NCCc1ccc(OCc2ccccc2)cc1. The van der Waals surface area contributed by atoms with Crippen molar-refractivity contribution in [3.8, 4) is 11.5 Å². The normalized spacial score (nSPS) is 11.1. The number of para-hydroxylation sites is 2. The molecule has 0 saturated carbocycles. The zero-order valence-corrected chi connectivity index (χ0v) is 16.0. The van der Waals surface area contributed by atoms with Gasteiger partial charge in [-0.1, -0.05) is 54.6 Å². The van der Waals surface area contributed by atoms with Crippen LogP contribution in [-0.2, 0) is 13.0 Å². The van der Waals surface area contributed by atoms with Crippen LogP contribution in [0.4, 0.5) is 5.69 Å². The predicted molar refractivity (Wildman–Crippen MR) is 114 cm³/mol. The first-order valence-electron chi connectivity index (χ1n) is 9.20. The van der Waals surface area contributed by atoms with Crippen molar-refractivity contribution in [1.82, 2.24) is 0 Å². The van der Waals surface area contributed by atoms with Gasteiger partial charge in [-0.2, -0.15) is 0 Å². The van der Waals surface area contributed by atoms with Crippen molar-refractivity contribution in [1.29, 1.82) is 0 Å². The maximum atomic E-state index is 5.98. The molecule has 5 nitrogen and oxygen atoms in total. The van der Waals surface area contributed by atoms with E-state index in [-0.39, 0.29) is 0 Å². The van der Waals surface area contributed by atoms with Gasteiger partial charge in [0.2, 0.25) is 0 Å². The van der Waals surface area contributed by atoms with Gasteiger partial charge in [0.25, 0.3) is 0 Å². The Bertz CT molecular complexity index is 893. The minimum Gasteiger partial charge on any atom is -0.495 e. The molecule has 3 rings (SSSR count). The summed E-state index contributed by atoms with van der Waals surface area (Å²) in [5.41, 5.74) is 9.11. The Morgan fingerprint density at radius 2 is 1.61 bits per heavy atom. The van der Waals surface area contributed by atoms with E-state index in [0.29, 0.717) is 19.1 Å². The molecule has 0 heterocycles. The summed E-state index contributed by atoms with van der Waals surface area (Å²) in [4.78, 5) is 4.39. The van der Waals surface area contributed by atoms with Gasteiger partial charge in [-0.3, -0.25) is 4.99 Å². The number of anilines is 1. The highest BCUT2D eigenvalue weighted by atomic mass is 16.5. The van der Waals surface area contributed by atoms with Crippen LogP contribution in [0.2, 0.25) is 0 Å². The van der Waals surface area contributed by atoms with E-state index in [1.165, 1.54) is 5.56 Å². The maximum absolute atomic E-state index is 5.98. The van der Waals surface area contributed by atoms with Gasteiger partial charge in [0.15, 0.2) is 5.96 Å². The summed E-state index contributed by atoms with van der Waals surface area (Å²) in [5, 5.41) is 3.07. The number of benzene rings is 3. The molecule has 0 aliphatic heterocycles. The van der Waals surface area contributed by atoms with Gasteiger partial charge in [-0.25, -0.2) is 0 Å². The summed E-state index contributed by atoms with van der Waals surface area (Å²) in [6, 6.07) is 25.8. The first-order valence-corrected chi connectivity index (χ1v) is 9.20. The van der Waals surface area contributed by atoms with E-state index in [0.717, 1.165) is 29.2 Å². The van der Waals surface area contributed by atoms with Crippen LogP contribution in [0.15, 0.2) is 83.9 Å². The quantitative estimate of drug-likeness (QED) is 0.456. The monoisotopic (exact) mass is 375 g/mol. The third-order valence-corrected chi connectivity index (χ3v) is 4.22. The van der Waals surface area contributed by atoms with Crippen molar-refractivity contribution in [2.75, 3.05) is 19.0 Å². The molecule has 0 spiro atoms. The second-order valence-electron chi connectivity index (χ2n) is 6.26. The van der Waals surface area contributed by atoms with E-state index in [1.807, 2.05) is 54.6 Å². The Labute approximate surface area is 165 Å². The molecule has 5 heteroatoms. The van der Waals surface area contributed by atoms with Gasteiger partial charge in [-0.15, -0.1) is 0 Å². The van der Waals surface area contributed by atoms with E-state index >= 15 is 0 Å². The highest BCUT2D eigenvalue weighted by Crippen LogP contribution is 2.22. The topological polar surface area (TPSA) is 68.9 Å². The fourth-order valence-electron chi connectivity index (χ4n) is 2.72. The number of nitrogens with one attached hydrogen (secondary N) is 1. The molecule has 0 fully saturated rings. The van der Waals surface area contributed by atoms with Crippen LogP contribution in [0.3, 0.4) is 0 Å². The number of nitrogens with zero attached hydrogens (tertiary/aromatic N) is 1. The number of methoxy groups -OCH3 is 1. The van der Waals surface area contributed by atoms with E-state index < -0.39 is 0 Å². The summed E-state index contributed by atoms with van der Waals surface area (Å²) in [7, 11) is 1.63. The van der Waals surface area contributed by atoms with Gasteiger partial charge in [-0.05, 0) is 41.8 Å². The molecule has 0 bridgehead atoms. The molecule has 0 saturated heterocycles. The number of aliphatic imine (C=N–C) groups is 1. The smallest absolute Gasteiger partial charge is 0.193 e. The van der Waals surface area contributed by atoms with Crippen LogP contribution in [0, 0.1) is 0 Å². The summed E-state index contributed by atoms with van der Waals surface area (Å²) >= 11 is 0. The first kappa shape index (κ1) is 19.3. The van der Waals surface area contributed by atoms with Gasteiger partial charge in [0.05, 0.1) is 12.8 Å². The number of nitrogens with two attached hydrogens (primary N) is 1. The van der Waals surface area contributed by atoms with Crippen molar-refractivity contribution in [3.63, 3.8) is 0 Å². The molecule has 0 unspecified atom stereocenters. The zero-order chi connectivity index (χ0) is 19.6. The second-order valence-corrected chi connectivity index (χ2v) is 6.26. The fraction of sp³-hybridized carbons (Fsp3) is 0.174. The number of hydrogen-bond acceptors (Lipinski definition) is 3. The molecule has 3 aromatic carbocycles. The lowest BCUT2D eigenvalue weighted by atomic mass is 10.1. The second kappa shape index (κ2) is 10.0. The molecule has 0 aliphatic rings. The minimum atomic E-state index is 0.368. The van der Waals surface area contributed by atoms with Crippen molar-refractivity contribution in [2.24, 2.45) is 10.7 Å². The Kier molecular flexibility index (Phi) is 6.90. The van der Waals surface area contributed by atoms with Gasteiger partial charge < -0.3 is 20.5 Å². The standard InChI is InChI=1S/C23H25N3O2/c1-27-22-10-6-5-9-21(22)26-23(24)25-16-15-18-11-13-20(14-12-18)28-17-19-7-3-2-4-8-19/h2-14H,15-17H2,1H3,(H3,24,25,26). The van der Waals surface area contributed by atoms with Crippen molar-refractivity contribution in [2.45, 2.75) is 13.0 Å². The van der Waals surface area contributed by atoms with E-state index in [9.17, 15) is 0 Å². The summed E-state index contributed by atoms with van der Waals surface area (Å²) in [5.74, 6) is 1.95. The van der Waals surface area contributed by atoms with Crippen LogP contribution < -0.4 is 20.5 Å². The molecule has 0 amide bonds. The van der Waals surface area contributed by atoms with E-state index in [4.69, 9.17) is 15.2 Å². The molecule has 144 valence electrons. The van der Waals surface area contributed by atoms with Gasteiger partial charge in [0.1, 0.15) is 18.1 Å². The third kappa shape index (κ3) is 5.77. The Morgan fingerprint density at radius 1 is 0.893 bits per heavy atom. The average Bonchev–Trinajstić information content (AvgIpc) is 2.74. The summed E-state index contributed by atoms with van der Waals surface area (Å²) < 4.78 is 11.1. The molecule has 0 aromatic heterocycles. The Hall–Kier alpha value is -3.47. The van der Waals surface area contributed by atoms with Crippen molar-refractivity contribution in [3.05, 3.63) is 90.0 Å². The van der Waals surface area contributed by atoms with Crippen LogP contribution in [0.25, 0.3) is 0 Å². The zero-order valence-electron chi connectivity index (χ0n) is 16.0. The van der Waals surface area contributed by atoms with Crippen molar-refractivity contribution < 1.29 is 9.47 Å². The largest absolute Gasteiger partial charge is 0.495 e. The van der Waals surface area contributed by atoms with Crippen LogP contribution in [-0.4, -0.2) is 19.6 Å². The Morgan fingerprint density at radius 3 is 2.36 bits per heavy atom. The molecule has 3 aromatic rings. The summed E-state index contributed by atoms with van der Waals surface area (Å²) in [6.45, 7) is 1.16. The minimum absolute atomic E-state index is 0.368. The third-order valence-electron chi connectivity index (χ3n) is 4.22. The first-order chi connectivity index (χ1) is 13.7. The highest BCUT2D eigenvalue weighted by Gasteiger charge is 2.02. The van der Waals surface area contributed by atoms with Crippen LogP contribution in [0.5, 0.6) is 11.5 Å². The van der Waals surface area contributed by atoms with Crippen molar-refractivity contribution >= 4 is 11.6 Å². The predicted octanol–water partition coefficient (Wildman–Crippen LogP) is 4.24. The summed E-state index contributed by atoms with van der Waals surface area (Å²) in [6.07, 6.45) is 0.799. The number of guanidine groups is 1. The molecule has 0 atom stereocenters. The lowest BCUT2D eigenvalue weighted by Gasteiger charge is -2.10. The molecule has 0 radical (unpaired) electrons. The number of hydrogen-bond donors (Lipinski definition) is 2. The molecule has 0 aliphatic carbocycles. The van der Waals surface area contributed by atoms with Crippen LogP contribution >= 0.6 is 0 Å². The molecule has 28 heavy (non-hydrogen) atoms. The molecule has 3 N–H and O–H groups in total. The molecular weight excluding hydrogens is 350 g/mol. The van der Waals surface area contributed by atoms with E-state index in [1.54, 1.807) is 7.11 Å². The lowest BCUT2D eigenvalue weighted by Crippen LogP contribution is -2.23. The average molecular weight is 375 g/mol. The lowest BCUT2D eigenvalue weighted by molar-refractivity contribution is 0.306. The maximum Gasteiger partial charge on any atom is 0.193 e. The van der Waals surface area contributed by atoms with E-state index in [2.05, 4.69) is 34.6 Å². The molecular formula is C23H25N3O2. The number of rotatable bonds is 8. The van der Waals surface area contributed by atoms with Gasteiger partial charge in [0, 0.05) is 6.54 Å². The highest BCUT2D eigenvalue weighted by molar-refractivity contribution is 5.93.